The number of carbonyl (C=O) groups is 1. The maximum atomic E-state index is 12.1. The number of rotatable bonds is 8. The zero-order chi connectivity index (χ0) is 28.5. The number of para-hydroxylation sites is 1. The molecule has 2 aromatic carbocycles. The standard InChI is InChI=1S/C28H27ClN8O4/c1-31-27(39)24-21(30)23(38)28(41-24)37-14-35-22-25(33-13-34-26(22)37)32-11-16-10-17(29)7-9-20(16)40-12-18-8-6-15-4-2-3-5-19(15)36-18/h2-10,13-14,21,23-24,28,38H,11-12,30H2,1H3,(H,31,39)(H,32,33,34)/t21-,23+,24-,28+/m0/s1. The summed E-state index contributed by atoms with van der Waals surface area (Å²) in [7, 11) is 1.48. The number of imidazole rings is 1. The van der Waals surface area contributed by atoms with Crippen molar-refractivity contribution in [3.05, 3.63) is 83.5 Å². The molecular weight excluding hydrogens is 548 g/mol. The average Bonchev–Trinajstić information content (AvgIpc) is 3.55. The highest BCUT2D eigenvalue weighted by Crippen LogP contribution is 2.32. The number of anilines is 1. The Kier molecular flexibility index (Phi) is 7.37. The fourth-order valence-electron chi connectivity index (χ4n) is 4.81. The Morgan fingerprint density at radius 1 is 1.17 bits per heavy atom. The molecule has 4 atom stereocenters. The van der Waals surface area contributed by atoms with Crippen molar-refractivity contribution in [1.29, 1.82) is 0 Å². The predicted octanol–water partition coefficient (Wildman–Crippen LogP) is 2.55. The van der Waals surface area contributed by atoms with Gasteiger partial charge in [0.2, 0.25) is 0 Å². The topological polar surface area (TPSA) is 162 Å². The number of pyridine rings is 1. The molecule has 0 radical (unpaired) electrons. The molecule has 1 aliphatic heterocycles. The Balaban J connectivity index is 1.20. The van der Waals surface area contributed by atoms with Crippen molar-refractivity contribution in [2.24, 2.45) is 5.73 Å². The summed E-state index contributed by atoms with van der Waals surface area (Å²) < 4.78 is 13.5. The monoisotopic (exact) mass is 574 g/mol. The van der Waals surface area contributed by atoms with E-state index < -0.39 is 30.4 Å². The molecule has 1 amide bonds. The van der Waals surface area contributed by atoms with Gasteiger partial charge in [0.15, 0.2) is 29.3 Å². The first-order chi connectivity index (χ1) is 19.9. The molecule has 0 saturated carbocycles. The zero-order valence-electron chi connectivity index (χ0n) is 21.9. The second-order valence-corrected chi connectivity index (χ2v) is 10.0. The summed E-state index contributed by atoms with van der Waals surface area (Å²) in [5.41, 5.74) is 9.41. The lowest BCUT2D eigenvalue weighted by molar-refractivity contribution is -0.134. The van der Waals surface area contributed by atoms with Gasteiger partial charge in [-0.2, -0.15) is 0 Å². The number of aliphatic hydroxyl groups is 1. The predicted molar refractivity (Wildman–Crippen MR) is 152 cm³/mol. The van der Waals surface area contributed by atoms with Crippen LogP contribution in [0.3, 0.4) is 0 Å². The Bertz CT molecular complexity index is 1730. The van der Waals surface area contributed by atoms with E-state index in [1.165, 1.54) is 19.7 Å². The van der Waals surface area contributed by atoms with Gasteiger partial charge >= 0.3 is 0 Å². The quantitative estimate of drug-likeness (QED) is 0.217. The van der Waals surface area contributed by atoms with E-state index in [1.54, 1.807) is 10.6 Å². The van der Waals surface area contributed by atoms with Crippen LogP contribution >= 0.6 is 11.6 Å². The molecule has 1 fully saturated rings. The third-order valence-corrected chi connectivity index (χ3v) is 7.20. The van der Waals surface area contributed by atoms with Crippen LogP contribution in [0.5, 0.6) is 5.75 Å². The van der Waals surface area contributed by atoms with Crippen molar-refractivity contribution in [3.8, 4) is 5.75 Å². The molecule has 6 rings (SSSR count). The van der Waals surface area contributed by atoms with Gasteiger partial charge in [-0.15, -0.1) is 0 Å². The first-order valence-corrected chi connectivity index (χ1v) is 13.3. The number of amides is 1. The number of likely N-dealkylation sites (N-methyl/N-ethyl adjacent to an activating group) is 1. The van der Waals surface area contributed by atoms with Crippen LogP contribution in [0.4, 0.5) is 5.82 Å². The van der Waals surface area contributed by atoms with E-state index >= 15 is 0 Å². The Morgan fingerprint density at radius 3 is 2.88 bits per heavy atom. The Morgan fingerprint density at radius 2 is 2.02 bits per heavy atom. The lowest BCUT2D eigenvalue weighted by atomic mass is 10.1. The third-order valence-electron chi connectivity index (χ3n) is 6.96. The van der Waals surface area contributed by atoms with Gasteiger partial charge in [0.05, 0.1) is 23.6 Å². The van der Waals surface area contributed by atoms with E-state index in [1.807, 2.05) is 48.5 Å². The van der Waals surface area contributed by atoms with Crippen LogP contribution in [0.25, 0.3) is 22.1 Å². The van der Waals surface area contributed by atoms with Crippen molar-refractivity contribution in [3.63, 3.8) is 0 Å². The average molecular weight is 575 g/mol. The number of nitrogens with two attached hydrogens (primary N) is 1. The van der Waals surface area contributed by atoms with Crippen LogP contribution in [0.2, 0.25) is 5.02 Å². The van der Waals surface area contributed by atoms with Gasteiger partial charge in [0.25, 0.3) is 5.91 Å². The highest BCUT2D eigenvalue weighted by Gasteiger charge is 2.46. The highest BCUT2D eigenvalue weighted by atomic mass is 35.5. The lowest BCUT2D eigenvalue weighted by Gasteiger charge is -2.17. The number of aromatic nitrogens is 5. The molecule has 0 bridgehead atoms. The number of hydrogen-bond acceptors (Lipinski definition) is 10. The Hall–Kier alpha value is -4.36. The van der Waals surface area contributed by atoms with Crippen molar-refractivity contribution in [2.75, 3.05) is 12.4 Å². The van der Waals surface area contributed by atoms with Crippen LogP contribution in [-0.2, 0) is 22.7 Å². The number of ether oxygens (including phenoxy) is 2. The summed E-state index contributed by atoms with van der Waals surface area (Å²) in [5.74, 6) is 0.677. The van der Waals surface area contributed by atoms with Crippen molar-refractivity contribution >= 4 is 45.4 Å². The summed E-state index contributed by atoms with van der Waals surface area (Å²) in [6.45, 7) is 0.608. The molecule has 4 heterocycles. The van der Waals surface area contributed by atoms with E-state index in [4.69, 9.17) is 26.8 Å². The molecule has 210 valence electrons. The van der Waals surface area contributed by atoms with Gasteiger partial charge in [0, 0.05) is 29.6 Å². The molecule has 0 unspecified atom stereocenters. The summed E-state index contributed by atoms with van der Waals surface area (Å²) in [6.07, 6.45) is -0.257. The number of nitrogens with zero attached hydrogens (tertiary/aromatic N) is 5. The summed E-state index contributed by atoms with van der Waals surface area (Å²) >= 11 is 6.31. The molecule has 41 heavy (non-hydrogen) atoms. The molecule has 12 nitrogen and oxygen atoms in total. The minimum atomic E-state index is -1.15. The lowest BCUT2D eigenvalue weighted by Crippen LogP contribution is -2.46. The fourth-order valence-corrected chi connectivity index (χ4v) is 5.01. The minimum absolute atomic E-state index is 0.282. The maximum absolute atomic E-state index is 12.1. The fraction of sp³-hybridized carbons (Fsp3) is 0.250. The number of carbonyl (C=O) groups excluding carboxylic acids is 1. The van der Waals surface area contributed by atoms with Gasteiger partial charge in [-0.3, -0.25) is 9.36 Å². The first-order valence-electron chi connectivity index (χ1n) is 12.9. The Labute approximate surface area is 239 Å². The first kappa shape index (κ1) is 26.8. The molecule has 3 aromatic heterocycles. The second-order valence-electron chi connectivity index (χ2n) is 9.57. The van der Waals surface area contributed by atoms with Gasteiger partial charge in [0.1, 0.15) is 24.8 Å². The number of halogens is 1. The number of aliphatic hydroxyl groups excluding tert-OH is 1. The smallest absolute Gasteiger partial charge is 0.250 e. The highest BCUT2D eigenvalue weighted by molar-refractivity contribution is 6.30. The zero-order valence-corrected chi connectivity index (χ0v) is 22.7. The normalized spacial score (nSPS) is 20.4. The van der Waals surface area contributed by atoms with Gasteiger partial charge in [-0.25, -0.2) is 19.9 Å². The molecule has 5 N–H and O–H groups in total. The van der Waals surface area contributed by atoms with Crippen LogP contribution < -0.4 is 21.1 Å². The van der Waals surface area contributed by atoms with Crippen LogP contribution in [0.1, 0.15) is 17.5 Å². The van der Waals surface area contributed by atoms with E-state index in [-0.39, 0.29) is 6.61 Å². The summed E-state index contributed by atoms with van der Waals surface area (Å²) in [4.78, 5) is 29.9. The van der Waals surface area contributed by atoms with Gasteiger partial charge in [-0.05, 0) is 30.3 Å². The van der Waals surface area contributed by atoms with Crippen LogP contribution in [0, 0.1) is 0 Å². The van der Waals surface area contributed by atoms with E-state index in [0.717, 1.165) is 22.2 Å². The van der Waals surface area contributed by atoms with E-state index in [0.29, 0.717) is 34.3 Å². The molecule has 0 aliphatic carbocycles. The van der Waals surface area contributed by atoms with Gasteiger partial charge < -0.3 is 30.9 Å². The largest absolute Gasteiger partial charge is 0.487 e. The number of benzene rings is 2. The SMILES string of the molecule is CNC(=O)[C@H]1O[C@@H](n2cnc3c(NCc4cc(Cl)ccc4OCc4ccc5ccccc5n4)ncnc32)[C@H](O)[C@@H]1N. The van der Waals surface area contributed by atoms with E-state index in [2.05, 4.69) is 30.6 Å². The van der Waals surface area contributed by atoms with Crippen LogP contribution in [-0.4, -0.2) is 60.8 Å². The van der Waals surface area contributed by atoms with E-state index in [9.17, 15) is 9.90 Å². The third kappa shape index (κ3) is 5.25. The van der Waals surface area contributed by atoms with Crippen molar-refractivity contribution in [2.45, 2.75) is 37.6 Å². The maximum Gasteiger partial charge on any atom is 0.250 e. The molecular formula is C28H27ClN8O4. The number of fused-ring (bicyclic) bond motifs is 2. The molecule has 13 heteroatoms. The second kappa shape index (κ2) is 11.3. The van der Waals surface area contributed by atoms with Crippen LogP contribution in [0.15, 0.2) is 67.3 Å². The molecule has 1 saturated heterocycles. The molecule has 0 spiro atoms. The van der Waals surface area contributed by atoms with Crippen molar-refractivity contribution in [1.82, 2.24) is 29.8 Å². The van der Waals surface area contributed by atoms with Gasteiger partial charge in [-0.1, -0.05) is 35.9 Å². The molecule has 1 aliphatic rings. The minimum Gasteiger partial charge on any atom is -0.487 e. The van der Waals surface area contributed by atoms with Crippen molar-refractivity contribution < 1.29 is 19.4 Å². The molecule has 5 aromatic rings. The summed E-state index contributed by atoms with van der Waals surface area (Å²) in [5, 5.41) is 18.1. The number of nitrogens with one attached hydrogen (secondary N) is 2. The number of hydrogen-bond donors (Lipinski definition) is 4. The summed E-state index contributed by atoms with van der Waals surface area (Å²) in [6, 6.07) is 16.4.